The summed E-state index contributed by atoms with van der Waals surface area (Å²) >= 11 is 1.28. The van der Waals surface area contributed by atoms with E-state index in [-0.39, 0.29) is 11.7 Å². The van der Waals surface area contributed by atoms with Crippen LogP contribution in [0.4, 0.5) is 5.13 Å². The SMILES string of the molecule is CCN(Cc1ccc(C(=O)Nc2nc3c(s2)C(=O)CCC3)cc1)C(C)C. The summed E-state index contributed by atoms with van der Waals surface area (Å²) < 4.78 is 0. The van der Waals surface area contributed by atoms with E-state index in [0.717, 1.165) is 31.6 Å². The van der Waals surface area contributed by atoms with Crippen molar-refractivity contribution in [2.24, 2.45) is 0 Å². The molecule has 0 fully saturated rings. The van der Waals surface area contributed by atoms with Crippen LogP contribution in [0, 0.1) is 0 Å². The Morgan fingerprint density at radius 2 is 2.00 bits per heavy atom. The van der Waals surface area contributed by atoms with Gasteiger partial charge in [0.2, 0.25) is 0 Å². The van der Waals surface area contributed by atoms with Crippen molar-refractivity contribution in [1.29, 1.82) is 0 Å². The largest absolute Gasteiger partial charge is 0.298 e. The molecule has 138 valence electrons. The maximum atomic E-state index is 12.5. The molecule has 0 spiro atoms. The molecule has 1 aliphatic rings. The average molecular weight is 372 g/mol. The topological polar surface area (TPSA) is 62.3 Å². The molecule has 1 amide bonds. The lowest BCUT2D eigenvalue weighted by Gasteiger charge is -2.24. The van der Waals surface area contributed by atoms with Crippen molar-refractivity contribution in [3.05, 3.63) is 46.0 Å². The standard InChI is InChI=1S/C20H25N3O2S/c1-4-23(13(2)3)12-14-8-10-15(11-9-14)19(25)22-20-21-16-6-5-7-17(24)18(16)26-20/h8-11,13H,4-7,12H2,1-3H3,(H,21,22,25). The van der Waals surface area contributed by atoms with Crippen LogP contribution in [0.15, 0.2) is 24.3 Å². The van der Waals surface area contributed by atoms with E-state index in [9.17, 15) is 9.59 Å². The molecule has 0 saturated heterocycles. The summed E-state index contributed by atoms with van der Waals surface area (Å²) in [4.78, 5) is 31.9. The molecule has 1 N–H and O–H groups in total. The molecule has 0 unspecified atom stereocenters. The number of amides is 1. The van der Waals surface area contributed by atoms with Crippen molar-refractivity contribution >= 4 is 28.2 Å². The average Bonchev–Trinajstić information content (AvgIpc) is 3.03. The van der Waals surface area contributed by atoms with Gasteiger partial charge in [0.05, 0.1) is 10.6 Å². The molecule has 0 radical (unpaired) electrons. The number of Topliss-reactive ketones (excluding diaryl/α,β-unsaturated/α-hetero) is 1. The second-order valence-corrected chi connectivity index (χ2v) is 7.88. The highest BCUT2D eigenvalue weighted by molar-refractivity contribution is 7.17. The lowest BCUT2D eigenvalue weighted by Crippen LogP contribution is -2.29. The molecule has 0 saturated carbocycles. The van der Waals surface area contributed by atoms with Gasteiger partial charge in [-0.15, -0.1) is 0 Å². The van der Waals surface area contributed by atoms with Crippen LogP contribution in [0.25, 0.3) is 0 Å². The zero-order valence-electron chi connectivity index (χ0n) is 15.5. The Bertz CT molecular complexity index is 796. The smallest absolute Gasteiger partial charge is 0.257 e. The van der Waals surface area contributed by atoms with Crippen molar-refractivity contribution in [3.8, 4) is 0 Å². The predicted molar refractivity (Wildman–Crippen MR) is 105 cm³/mol. The van der Waals surface area contributed by atoms with Crippen molar-refractivity contribution in [2.45, 2.75) is 52.6 Å². The van der Waals surface area contributed by atoms with Crippen LogP contribution in [0.1, 0.15) is 64.9 Å². The quantitative estimate of drug-likeness (QED) is 0.829. The van der Waals surface area contributed by atoms with Crippen molar-refractivity contribution in [2.75, 3.05) is 11.9 Å². The Kier molecular flexibility index (Phi) is 5.84. The molecule has 6 heteroatoms. The van der Waals surface area contributed by atoms with Gasteiger partial charge in [-0.2, -0.15) is 0 Å². The lowest BCUT2D eigenvalue weighted by atomic mass is 10.0. The highest BCUT2D eigenvalue weighted by Gasteiger charge is 2.23. The maximum absolute atomic E-state index is 12.5. The van der Waals surface area contributed by atoms with Gasteiger partial charge in [-0.3, -0.25) is 19.8 Å². The summed E-state index contributed by atoms with van der Waals surface area (Å²) in [5.41, 5.74) is 2.61. The number of nitrogens with zero attached hydrogens (tertiary/aromatic N) is 2. The van der Waals surface area contributed by atoms with E-state index in [4.69, 9.17) is 0 Å². The number of nitrogens with one attached hydrogen (secondary N) is 1. The Morgan fingerprint density at radius 1 is 1.27 bits per heavy atom. The molecule has 1 aromatic carbocycles. The van der Waals surface area contributed by atoms with E-state index >= 15 is 0 Å². The van der Waals surface area contributed by atoms with Crippen LogP contribution in [0.2, 0.25) is 0 Å². The molecule has 1 aliphatic carbocycles. The van der Waals surface area contributed by atoms with Crippen LogP contribution < -0.4 is 5.32 Å². The maximum Gasteiger partial charge on any atom is 0.257 e. The summed E-state index contributed by atoms with van der Waals surface area (Å²) in [6.45, 7) is 8.39. The second kappa shape index (κ2) is 8.10. The van der Waals surface area contributed by atoms with Gasteiger partial charge in [0.25, 0.3) is 5.91 Å². The van der Waals surface area contributed by atoms with E-state index in [1.165, 1.54) is 16.9 Å². The van der Waals surface area contributed by atoms with Gasteiger partial charge in [0.1, 0.15) is 0 Å². The van der Waals surface area contributed by atoms with Gasteiger partial charge in [-0.25, -0.2) is 4.98 Å². The van der Waals surface area contributed by atoms with Crippen molar-refractivity contribution in [3.63, 3.8) is 0 Å². The van der Waals surface area contributed by atoms with Gasteiger partial charge in [-0.05, 0) is 50.9 Å². The number of rotatable bonds is 6. The summed E-state index contributed by atoms with van der Waals surface area (Å²) in [5, 5.41) is 3.34. The highest BCUT2D eigenvalue weighted by atomic mass is 32.1. The van der Waals surface area contributed by atoms with Crippen LogP contribution >= 0.6 is 11.3 Å². The number of ketones is 1. The van der Waals surface area contributed by atoms with Gasteiger partial charge in [-0.1, -0.05) is 30.4 Å². The van der Waals surface area contributed by atoms with Gasteiger partial charge in [0.15, 0.2) is 10.9 Å². The molecule has 0 atom stereocenters. The first kappa shape index (κ1) is 18.7. The minimum absolute atomic E-state index is 0.138. The number of benzene rings is 1. The molecule has 26 heavy (non-hydrogen) atoms. The third kappa shape index (κ3) is 4.19. The molecular weight excluding hydrogens is 346 g/mol. The third-order valence-corrected chi connectivity index (χ3v) is 5.78. The van der Waals surface area contributed by atoms with Crippen molar-refractivity contribution in [1.82, 2.24) is 9.88 Å². The van der Waals surface area contributed by atoms with Gasteiger partial charge in [0, 0.05) is 24.6 Å². The number of aromatic nitrogens is 1. The molecule has 1 heterocycles. The van der Waals surface area contributed by atoms with E-state index in [1.807, 2.05) is 24.3 Å². The van der Waals surface area contributed by atoms with E-state index in [1.54, 1.807) is 0 Å². The minimum atomic E-state index is -0.189. The molecule has 0 aliphatic heterocycles. The first-order valence-electron chi connectivity index (χ1n) is 9.15. The first-order valence-corrected chi connectivity index (χ1v) is 9.96. The zero-order chi connectivity index (χ0) is 18.7. The molecule has 5 nitrogen and oxygen atoms in total. The first-order chi connectivity index (χ1) is 12.5. The summed E-state index contributed by atoms with van der Waals surface area (Å²) in [5.74, 6) is -0.0504. The molecule has 2 aromatic rings. The van der Waals surface area contributed by atoms with Crippen molar-refractivity contribution < 1.29 is 9.59 Å². The Morgan fingerprint density at radius 3 is 2.62 bits per heavy atom. The number of hydrogen-bond donors (Lipinski definition) is 1. The zero-order valence-corrected chi connectivity index (χ0v) is 16.4. The summed E-state index contributed by atoms with van der Waals surface area (Å²) in [6, 6.07) is 8.17. The van der Waals surface area contributed by atoms with E-state index in [2.05, 4.69) is 36.0 Å². The van der Waals surface area contributed by atoms with Gasteiger partial charge >= 0.3 is 0 Å². The fourth-order valence-corrected chi connectivity index (χ4v) is 4.12. The molecule has 3 rings (SSSR count). The summed E-state index contributed by atoms with van der Waals surface area (Å²) in [6.07, 6.45) is 2.23. The van der Waals surface area contributed by atoms with Crippen LogP contribution in [0.5, 0.6) is 0 Å². The van der Waals surface area contributed by atoms with E-state index < -0.39 is 0 Å². The summed E-state index contributed by atoms with van der Waals surface area (Å²) in [7, 11) is 0. The second-order valence-electron chi connectivity index (χ2n) is 6.88. The van der Waals surface area contributed by atoms with E-state index in [0.29, 0.717) is 28.0 Å². The fraction of sp³-hybridized carbons (Fsp3) is 0.450. The number of anilines is 1. The van der Waals surface area contributed by atoms with Crippen LogP contribution in [-0.4, -0.2) is 34.2 Å². The van der Waals surface area contributed by atoms with Crippen LogP contribution in [-0.2, 0) is 13.0 Å². The fourth-order valence-electron chi connectivity index (χ4n) is 3.15. The number of hydrogen-bond acceptors (Lipinski definition) is 5. The Hall–Kier alpha value is -2.05. The monoisotopic (exact) mass is 371 g/mol. The van der Waals surface area contributed by atoms with Crippen LogP contribution in [0.3, 0.4) is 0 Å². The number of carbonyl (C=O) groups excluding carboxylic acids is 2. The number of carbonyl (C=O) groups is 2. The normalized spacial score (nSPS) is 14.0. The molecule has 0 bridgehead atoms. The Labute approximate surface area is 158 Å². The van der Waals surface area contributed by atoms with Gasteiger partial charge < -0.3 is 0 Å². The third-order valence-electron chi connectivity index (χ3n) is 4.73. The molecule has 1 aromatic heterocycles. The number of thiazole rings is 1. The Balaban J connectivity index is 1.66. The number of aryl methyl sites for hydroxylation is 1. The molecular formula is C20H25N3O2S. The lowest BCUT2D eigenvalue weighted by molar-refractivity contribution is 0.0975. The minimum Gasteiger partial charge on any atom is -0.298 e. The predicted octanol–water partition coefficient (Wildman–Crippen LogP) is 4.14. The number of fused-ring (bicyclic) bond motifs is 1. The highest BCUT2D eigenvalue weighted by Crippen LogP contribution is 2.29.